The number of anilines is 1. The van der Waals surface area contributed by atoms with E-state index in [1.165, 1.54) is 24.6 Å². The number of nitrogens with zero attached hydrogens (tertiary/aromatic N) is 2. The molecule has 134 valence electrons. The highest BCUT2D eigenvalue weighted by Gasteiger charge is 2.27. The highest BCUT2D eigenvalue weighted by molar-refractivity contribution is 9.10. The van der Waals surface area contributed by atoms with Crippen molar-refractivity contribution in [3.8, 4) is 5.88 Å². The van der Waals surface area contributed by atoms with Crippen molar-refractivity contribution >= 4 is 31.5 Å². The minimum atomic E-state index is -3.34. The van der Waals surface area contributed by atoms with Gasteiger partial charge in [0.15, 0.2) is 15.7 Å². The van der Waals surface area contributed by atoms with E-state index in [1.54, 1.807) is 12.1 Å². The zero-order valence-electron chi connectivity index (χ0n) is 13.7. The van der Waals surface area contributed by atoms with Crippen molar-refractivity contribution in [1.82, 2.24) is 4.98 Å². The molecule has 1 aromatic carbocycles. The van der Waals surface area contributed by atoms with E-state index < -0.39 is 15.7 Å². The van der Waals surface area contributed by atoms with Crippen LogP contribution in [0.4, 0.5) is 10.1 Å². The number of benzene rings is 1. The predicted octanol–water partition coefficient (Wildman–Crippen LogP) is 3.43. The molecule has 25 heavy (non-hydrogen) atoms. The van der Waals surface area contributed by atoms with Crippen LogP contribution in [0.2, 0.25) is 0 Å². The highest BCUT2D eigenvalue weighted by Crippen LogP contribution is 2.35. The summed E-state index contributed by atoms with van der Waals surface area (Å²) in [5.41, 5.74) is 0.674. The number of sulfone groups is 1. The minimum absolute atomic E-state index is 0.0127. The quantitative estimate of drug-likeness (QED) is 0.746. The SMILES string of the molecule is CS(=O)(=O)c1cccc(Br)c1N1CCC(Oc2ncccc2F)CC1. The summed E-state index contributed by atoms with van der Waals surface area (Å²) in [5, 5.41) is 0. The second-order valence-corrected chi connectivity index (χ2v) is 8.79. The fourth-order valence-corrected chi connectivity index (χ4v) is 4.58. The molecule has 0 saturated carbocycles. The molecule has 0 radical (unpaired) electrons. The number of hydrogen-bond donors (Lipinski definition) is 0. The van der Waals surface area contributed by atoms with Gasteiger partial charge in [0.05, 0.1) is 10.6 Å². The summed E-state index contributed by atoms with van der Waals surface area (Å²) < 4.78 is 44.2. The van der Waals surface area contributed by atoms with Crippen molar-refractivity contribution in [3.63, 3.8) is 0 Å². The Morgan fingerprint density at radius 2 is 1.96 bits per heavy atom. The monoisotopic (exact) mass is 428 g/mol. The van der Waals surface area contributed by atoms with E-state index in [2.05, 4.69) is 20.9 Å². The number of para-hydroxylation sites is 1. The molecule has 0 unspecified atom stereocenters. The molecule has 0 atom stereocenters. The van der Waals surface area contributed by atoms with Crippen LogP contribution in [0.15, 0.2) is 45.9 Å². The molecule has 1 saturated heterocycles. The topological polar surface area (TPSA) is 59.5 Å². The third-order valence-corrected chi connectivity index (χ3v) is 5.88. The van der Waals surface area contributed by atoms with Crippen LogP contribution in [0.3, 0.4) is 0 Å². The Kier molecular flexibility index (Phi) is 5.29. The Morgan fingerprint density at radius 3 is 2.60 bits per heavy atom. The van der Waals surface area contributed by atoms with Gasteiger partial charge >= 0.3 is 0 Å². The van der Waals surface area contributed by atoms with Crippen LogP contribution in [-0.2, 0) is 9.84 Å². The van der Waals surface area contributed by atoms with Gasteiger partial charge in [-0.05, 0) is 40.2 Å². The number of piperidine rings is 1. The van der Waals surface area contributed by atoms with Crippen molar-refractivity contribution < 1.29 is 17.5 Å². The van der Waals surface area contributed by atoms with Crippen LogP contribution in [0.1, 0.15) is 12.8 Å². The lowest BCUT2D eigenvalue weighted by molar-refractivity contribution is 0.156. The normalized spacial score (nSPS) is 16.0. The number of pyridine rings is 1. The Hall–Kier alpha value is -1.67. The third-order valence-electron chi connectivity index (χ3n) is 4.11. The Bertz CT molecular complexity index is 868. The number of halogens is 2. The number of aromatic nitrogens is 1. The Balaban J connectivity index is 1.74. The zero-order valence-corrected chi connectivity index (χ0v) is 16.1. The Morgan fingerprint density at radius 1 is 1.24 bits per heavy atom. The first-order chi connectivity index (χ1) is 11.9. The predicted molar refractivity (Wildman–Crippen MR) is 97.3 cm³/mol. The van der Waals surface area contributed by atoms with Crippen molar-refractivity contribution in [3.05, 3.63) is 46.8 Å². The molecular formula is C17H18BrFN2O3S. The molecular weight excluding hydrogens is 411 g/mol. The standard InChI is InChI=1S/C17H18BrFN2O3S/c1-25(22,23)15-6-2-4-13(18)16(15)21-10-7-12(8-11-21)24-17-14(19)5-3-9-20-17/h2-6,9,12H,7-8,10-11H2,1H3. The average Bonchev–Trinajstić information content (AvgIpc) is 2.57. The van der Waals surface area contributed by atoms with E-state index in [9.17, 15) is 12.8 Å². The molecule has 2 aromatic rings. The van der Waals surface area contributed by atoms with E-state index in [0.29, 0.717) is 36.5 Å². The van der Waals surface area contributed by atoms with E-state index in [-0.39, 0.29) is 12.0 Å². The van der Waals surface area contributed by atoms with Gasteiger partial charge in [0.1, 0.15) is 6.10 Å². The number of rotatable bonds is 4. The summed E-state index contributed by atoms with van der Waals surface area (Å²) in [4.78, 5) is 6.24. The van der Waals surface area contributed by atoms with Crippen LogP contribution >= 0.6 is 15.9 Å². The Labute approximate surface area is 154 Å². The molecule has 1 aliphatic heterocycles. The molecule has 3 rings (SSSR count). The van der Waals surface area contributed by atoms with Gasteiger partial charge in [-0.15, -0.1) is 0 Å². The lowest BCUT2D eigenvalue weighted by Gasteiger charge is -2.35. The van der Waals surface area contributed by atoms with Gasteiger partial charge in [0, 0.05) is 42.9 Å². The van der Waals surface area contributed by atoms with Crippen molar-refractivity contribution in [1.29, 1.82) is 0 Å². The average molecular weight is 429 g/mol. The summed E-state index contributed by atoms with van der Waals surface area (Å²) in [5.74, 6) is -0.464. The van der Waals surface area contributed by atoms with Crippen molar-refractivity contribution in [2.24, 2.45) is 0 Å². The second kappa shape index (κ2) is 7.29. The summed E-state index contributed by atoms with van der Waals surface area (Å²) >= 11 is 3.46. The maximum atomic E-state index is 13.7. The van der Waals surface area contributed by atoms with Gasteiger partial charge < -0.3 is 9.64 Å². The van der Waals surface area contributed by atoms with Gasteiger partial charge in [-0.2, -0.15) is 0 Å². The zero-order chi connectivity index (χ0) is 18.0. The molecule has 1 aromatic heterocycles. The molecule has 1 fully saturated rings. The molecule has 5 nitrogen and oxygen atoms in total. The maximum Gasteiger partial charge on any atom is 0.250 e. The summed E-state index contributed by atoms with van der Waals surface area (Å²) in [7, 11) is -3.34. The molecule has 1 aliphatic rings. The highest BCUT2D eigenvalue weighted by atomic mass is 79.9. The lowest BCUT2D eigenvalue weighted by atomic mass is 10.1. The molecule has 0 spiro atoms. The van der Waals surface area contributed by atoms with Gasteiger partial charge in [-0.25, -0.2) is 17.8 Å². The summed E-state index contributed by atoms with van der Waals surface area (Å²) in [6.07, 6.45) is 3.86. The van der Waals surface area contributed by atoms with Crippen molar-refractivity contribution in [2.75, 3.05) is 24.2 Å². The number of hydrogen-bond acceptors (Lipinski definition) is 5. The fourth-order valence-electron chi connectivity index (χ4n) is 2.91. The van der Waals surface area contributed by atoms with Crippen LogP contribution in [0, 0.1) is 5.82 Å². The molecule has 0 amide bonds. The molecule has 0 bridgehead atoms. The third kappa shape index (κ3) is 4.12. The summed E-state index contributed by atoms with van der Waals surface area (Å²) in [6.45, 7) is 1.23. The van der Waals surface area contributed by atoms with Gasteiger partial charge in [0.2, 0.25) is 0 Å². The van der Waals surface area contributed by atoms with E-state index >= 15 is 0 Å². The van der Waals surface area contributed by atoms with E-state index in [4.69, 9.17) is 4.74 Å². The second-order valence-electron chi connectivity index (χ2n) is 5.95. The molecule has 0 N–H and O–H groups in total. The smallest absolute Gasteiger partial charge is 0.250 e. The van der Waals surface area contributed by atoms with Gasteiger partial charge in [-0.1, -0.05) is 6.07 Å². The first kappa shape index (κ1) is 18.1. The van der Waals surface area contributed by atoms with E-state index in [0.717, 1.165) is 4.47 Å². The summed E-state index contributed by atoms with van der Waals surface area (Å²) in [6, 6.07) is 7.99. The molecule has 2 heterocycles. The largest absolute Gasteiger partial charge is 0.472 e. The fraction of sp³-hybridized carbons (Fsp3) is 0.353. The minimum Gasteiger partial charge on any atom is -0.472 e. The van der Waals surface area contributed by atoms with Crippen LogP contribution in [0.25, 0.3) is 0 Å². The van der Waals surface area contributed by atoms with Gasteiger partial charge in [0.25, 0.3) is 5.88 Å². The molecule has 8 heteroatoms. The number of ether oxygens (including phenoxy) is 1. The van der Waals surface area contributed by atoms with Gasteiger partial charge in [-0.3, -0.25) is 0 Å². The lowest BCUT2D eigenvalue weighted by Crippen LogP contribution is -2.39. The first-order valence-electron chi connectivity index (χ1n) is 7.87. The molecule has 0 aliphatic carbocycles. The van der Waals surface area contributed by atoms with Crippen LogP contribution in [0.5, 0.6) is 5.88 Å². The van der Waals surface area contributed by atoms with Crippen molar-refractivity contribution in [2.45, 2.75) is 23.8 Å². The maximum absolute atomic E-state index is 13.7. The van der Waals surface area contributed by atoms with E-state index in [1.807, 2.05) is 11.0 Å². The van der Waals surface area contributed by atoms with Crippen LogP contribution in [-0.4, -0.2) is 38.9 Å². The van der Waals surface area contributed by atoms with Crippen LogP contribution < -0.4 is 9.64 Å². The first-order valence-corrected chi connectivity index (χ1v) is 10.6.